The van der Waals surface area contributed by atoms with Crippen LogP contribution >= 0.6 is 0 Å². The maximum Gasteiger partial charge on any atom is 0.318 e. The van der Waals surface area contributed by atoms with E-state index in [1.165, 1.54) is 5.39 Å². The number of likely N-dealkylation sites (N-methyl/N-ethyl adjacent to an activating group) is 1. The molecule has 3 aromatic rings. The number of benzene rings is 1. The number of aromatic nitrogens is 1. The molecule has 142 valence electrons. The molecule has 0 aliphatic heterocycles. The van der Waals surface area contributed by atoms with E-state index in [0.717, 1.165) is 29.7 Å². The fraction of sp³-hybridized carbons (Fsp3) is 0.381. The second-order valence-corrected chi connectivity index (χ2v) is 7.44. The topological polar surface area (TPSA) is 64.5 Å². The summed E-state index contributed by atoms with van der Waals surface area (Å²) in [6, 6.07) is 12.5. The molecule has 6 heteroatoms. The number of aromatic amines is 1. The number of hydrogen-bond donors (Lipinski definition) is 2. The van der Waals surface area contributed by atoms with Gasteiger partial charge in [-0.3, -0.25) is 4.90 Å². The second-order valence-electron chi connectivity index (χ2n) is 7.44. The summed E-state index contributed by atoms with van der Waals surface area (Å²) in [7, 11) is 3.98. The van der Waals surface area contributed by atoms with Crippen LogP contribution in [0.3, 0.4) is 0 Å². The molecule has 1 fully saturated rings. The van der Waals surface area contributed by atoms with Crippen molar-refractivity contribution >= 4 is 16.9 Å². The summed E-state index contributed by atoms with van der Waals surface area (Å²) in [4.78, 5) is 20.1. The Kier molecular flexibility index (Phi) is 4.90. The molecule has 0 unspecified atom stereocenters. The smallest absolute Gasteiger partial charge is 0.318 e. The highest BCUT2D eigenvalue weighted by molar-refractivity contribution is 5.80. The van der Waals surface area contributed by atoms with E-state index in [0.29, 0.717) is 19.1 Å². The van der Waals surface area contributed by atoms with Gasteiger partial charge in [-0.2, -0.15) is 0 Å². The van der Waals surface area contributed by atoms with Crippen LogP contribution in [-0.2, 0) is 6.54 Å². The number of nitrogens with one attached hydrogen (secondary N) is 2. The number of fused-ring (bicyclic) bond motifs is 1. The van der Waals surface area contributed by atoms with Gasteiger partial charge in [0.15, 0.2) is 0 Å². The van der Waals surface area contributed by atoms with Crippen molar-refractivity contribution in [1.29, 1.82) is 0 Å². The first kappa shape index (κ1) is 17.7. The van der Waals surface area contributed by atoms with E-state index in [-0.39, 0.29) is 12.1 Å². The van der Waals surface area contributed by atoms with E-state index in [1.54, 1.807) is 6.26 Å². The molecular weight excluding hydrogens is 340 g/mol. The molecule has 27 heavy (non-hydrogen) atoms. The molecule has 1 aromatic carbocycles. The highest BCUT2D eigenvalue weighted by atomic mass is 16.3. The summed E-state index contributed by atoms with van der Waals surface area (Å²) in [5, 5.41) is 4.28. The third kappa shape index (κ3) is 4.01. The van der Waals surface area contributed by atoms with E-state index in [9.17, 15) is 4.79 Å². The lowest BCUT2D eigenvalue weighted by molar-refractivity contribution is 0.184. The van der Waals surface area contributed by atoms with Crippen LogP contribution in [0.1, 0.15) is 30.2 Å². The van der Waals surface area contributed by atoms with Crippen molar-refractivity contribution in [2.45, 2.75) is 31.5 Å². The minimum atomic E-state index is -0.00919. The quantitative estimate of drug-likeness (QED) is 0.669. The van der Waals surface area contributed by atoms with Crippen LogP contribution in [0.2, 0.25) is 0 Å². The molecule has 0 spiro atoms. The van der Waals surface area contributed by atoms with Gasteiger partial charge in [-0.15, -0.1) is 0 Å². The predicted molar refractivity (Wildman–Crippen MR) is 105 cm³/mol. The molecule has 0 saturated heterocycles. The summed E-state index contributed by atoms with van der Waals surface area (Å²) in [5.41, 5.74) is 2.27. The monoisotopic (exact) mass is 366 g/mol. The Balaban J connectivity index is 1.43. The Morgan fingerprint density at radius 3 is 2.85 bits per heavy atom. The van der Waals surface area contributed by atoms with Crippen LogP contribution in [0, 0.1) is 0 Å². The number of furan rings is 1. The molecule has 2 amide bonds. The first-order valence-electron chi connectivity index (χ1n) is 9.42. The minimum Gasteiger partial charge on any atom is -0.468 e. The molecule has 0 bridgehead atoms. The number of carbonyl (C=O) groups excluding carboxylic acids is 1. The van der Waals surface area contributed by atoms with Gasteiger partial charge in [0, 0.05) is 30.8 Å². The lowest BCUT2D eigenvalue weighted by Crippen LogP contribution is -2.44. The maximum absolute atomic E-state index is 12.9. The van der Waals surface area contributed by atoms with E-state index >= 15 is 0 Å². The molecule has 1 aliphatic carbocycles. The largest absolute Gasteiger partial charge is 0.468 e. The van der Waals surface area contributed by atoms with Crippen LogP contribution in [0.5, 0.6) is 0 Å². The average molecular weight is 366 g/mol. The number of carbonyl (C=O) groups is 1. The lowest BCUT2D eigenvalue weighted by Gasteiger charge is -2.27. The van der Waals surface area contributed by atoms with Gasteiger partial charge in [-0.25, -0.2) is 4.79 Å². The van der Waals surface area contributed by atoms with Gasteiger partial charge in [-0.05, 0) is 68.2 Å². The van der Waals surface area contributed by atoms with Crippen LogP contribution in [-0.4, -0.2) is 47.5 Å². The third-order valence-corrected chi connectivity index (χ3v) is 5.16. The molecule has 6 nitrogen and oxygen atoms in total. The number of hydrogen-bond acceptors (Lipinski definition) is 3. The van der Waals surface area contributed by atoms with Gasteiger partial charge in [0.05, 0.1) is 12.3 Å². The van der Waals surface area contributed by atoms with Gasteiger partial charge >= 0.3 is 6.03 Å². The molecule has 1 saturated carbocycles. The van der Waals surface area contributed by atoms with Gasteiger partial charge in [0.2, 0.25) is 0 Å². The summed E-state index contributed by atoms with van der Waals surface area (Å²) in [6.07, 6.45) is 5.77. The lowest BCUT2D eigenvalue weighted by atomic mass is 10.1. The minimum absolute atomic E-state index is 0.00919. The van der Waals surface area contributed by atoms with E-state index in [2.05, 4.69) is 39.5 Å². The zero-order valence-electron chi connectivity index (χ0n) is 15.8. The van der Waals surface area contributed by atoms with Crippen LogP contribution < -0.4 is 5.32 Å². The summed E-state index contributed by atoms with van der Waals surface area (Å²) >= 11 is 0. The zero-order valence-corrected chi connectivity index (χ0v) is 15.8. The Hall–Kier alpha value is -2.73. The number of urea groups is 1. The Morgan fingerprint density at radius 1 is 1.30 bits per heavy atom. The van der Waals surface area contributed by atoms with Crippen LogP contribution in [0.25, 0.3) is 10.9 Å². The fourth-order valence-electron chi connectivity index (χ4n) is 3.45. The van der Waals surface area contributed by atoms with Crippen LogP contribution in [0.15, 0.2) is 53.3 Å². The second kappa shape index (κ2) is 7.48. The van der Waals surface area contributed by atoms with Crippen molar-refractivity contribution < 1.29 is 9.21 Å². The molecule has 0 radical (unpaired) electrons. The van der Waals surface area contributed by atoms with Gasteiger partial charge in [0.25, 0.3) is 0 Å². The SMILES string of the molecule is CN(C)[C@H](CNC(=O)N(Cc1ccc2[nH]ccc2c1)C1CC1)c1ccco1. The fourth-order valence-corrected chi connectivity index (χ4v) is 3.45. The number of amides is 2. The summed E-state index contributed by atoms with van der Waals surface area (Å²) in [5.74, 6) is 0.858. The predicted octanol–water partition coefficient (Wildman–Crippen LogP) is 3.74. The Morgan fingerprint density at radius 2 is 2.15 bits per heavy atom. The van der Waals surface area contributed by atoms with E-state index in [1.807, 2.05) is 37.3 Å². The zero-order chi connectivity index (χ0) is 18.8. The normalized spacial score (nSPS) is 15.2. The van der Waals surface area contributed by atoms with Crippen molar-refractivity contribution in [3.05, 3.63) is 60.2 Å². The molecular formula is C21H26N4O2. The molecule has 1 atom stereocenters. The van der Waals surface area contributed by atoms with Crippen molar-refractivity contribution in [3.63, 3.8) is 0 Å². The van der Waals surface area contributed by atoms with Crippen molar-refractivity contribution in [3.8, 4) is 0 Å². The molecule has 2 aromatic heterocycles. The standard InChI is InChI=1S/C21H26N4O2/c1-24(2)19(20-4-3-11-27-20)13-23-21(26)25(17-6-7-17)14-15-5-8-18-16(12-15)9-10-22-18/h3-5,8-12,17,19,22H,6-7,13-14H2,1-2H3,(H,23,26)/t19-/m1/s1. The Labute approximate surface area is 159 Å². The first-order chi connectivity index (χ1) is 13.1. The van der Waals surface area contributed by atoms with Gasteiger partial charge in [-0.1, -0.05) is 6.07 Å². The first-order valence-corrected chi connectivity index (χ1v) is 9.42. The summed E-state index contributed by atoms with van der Waals surface area (Å²) in [6.45, 7) is 1.14. The van der Waals surface area contributed by atoms with Gasteiger partial charge in [0.1, 0.15) is 5.76 Å². The van der Waals surface area contributed by atoms with Crippen molar-refractivity contribution in [2.24, 2.45) is 0 Å². The molecule has 2 N–H and O–H groups in total. The molecule has 1 aliphatic rings. The van der Waals surface area contributed by atoms with E-state index in [4.69, 9.17) is 4.42 Å². The summed E-state index contributed by atoms with van der Waals surface area (Å²) < 4.78 is 5.53. The number of nitrogens with zero attached hydrogens (tertiary/aromatic N) is 2. The highest BCUT2D eigenvalue weighted by Crippen LogP contribution is 2.29. The van der Waals surface area contributed by atoms with Crippen molar-refractivity contribution in [2.75, 3.05) is 20.6 Å². The number of H-pyrrole nitrogens is 1. The third-order valence-electron chi connectivity index (χ3n) is 5.16. The average Bonchev–Trinajstić information content (AvgIpc) is 3.15. The van der Waals surface area contributed by atoms with Gasteiger partial charge < -0.3 is 19.6 Å². The van der Waals surface area contributed by atoms with Crippen molar-refractivity contribution in [1.82, 2.24) is 20.1 Å². The highest BCUT2D eigenvalue weighted by Gasteiger charge is 2.33. The maximum atomic E-state index is 12.9. The number of rotatable bonds is 7. The Bertz CT molecular complexity index is 896. The van der Waals surface area contributed by atoms with E-state index < -0.39 is 0 Å². The van der Waals surface area contributed by atoms with Crippen LogP contribution in [0.4, 0.5) is 4.79 Å². The molecule has 2 heterocycles. The molecule has 4 rings (SSSR count).